The Morgan fingerprint density at radius 3 is 2.61 bits per heavy atom. The highest BCUT2D eigenvalue weighted by Gasteiger charge is 2.34. The monoisotopic (exact) mass is 248 g/mol. The van der Waals surface area contributed by atoms with Crippen molar-refractivity contribution < 1.29 is 0 Å². The molecule has 3 aliphatic rings. The lowest BCUT2D eigenvalue weighted by atomic mass is 9.84. The molecule has 2 bridgehead atoms. The van der Waals surface area contributed by atoms with Gasteiger partial charge < -0.3 is 21.3 Å². The first-order valence-corrected chi connectivity index (χ1v) is 6.56. The molecule has 3 fully saturated rings. The molecular weight excluding hydrogens is 228 g/mol. The smallest absolute Gasteiger partial charge is 0.223 e. The summed E-state index contributed by atoms with van der Waals surface area (Å²) in [6.07, 6.45) is 2.58. The van der Waals surface area contributed by atoms with Crippen LogP contribution in [0.25, 0.3) is 0 Å². The molecular formula is C12H20N6. The van der Waals surface area contributed by atoms with Crippen LogP contribution in [0.15, 0.2) is 6.07 Å². The number of rotatable bonds is 3. The van der Waals surface area contributed by atoms with E-state index in [1.807, 2.05) is 13.1 Å². The molecule has 6 heteroatoms. The van der Waals surface area contributed by atoms with E-state index < -0.39 is 0 Å². The highest BCUT2D eigenvalue weighted by atomic mass is 15.2. The summed E-state index contributed by atoms with van der Waals surface area (Å²) < 4.78 is 0. The molecule has 6 nitrogen and oxygen atoms in total. The van der Waals surface area contributed by atoms with Gasteiger partial charge in [0.2, 0.25) is 5.95 Å². The van der Waals surface area contributed by atoms with E-state index in [0.29, 0.717) is 12.0 Å². The Hall–Kier alpha value is -1.56. The molecule has 4 N–H and O–H groups in total. The number of nitrogen functional groups attached to an aromatic ring is 1. The molecule has 1 aromatic rings. The third kappa shape index (κ3) is 2.20. The van der Waals surface area contributed by atoms with E-state index in [-0.39, 0.29) is 0 Å². The Balaban J connectivity index is 1.74. The summed E-state index contributed by atoms with van der Waals surface area (Å²) in [7, 11) is 1.83. The second kappa shape index (κ2) is 4.61. The second-order valence-corrected chi connectivity index (χ2v) is 5.14. The molecule has 1 atom stereocenters. The fraction of sp³-hybridized carbons (Fsp3) is 0.667. The SMILES string of the molecule is CNc1cc(NC2CN3CCC2CC3)nc(N)n1. The molecule has 4 heterocycles. The van der Waals surface area contributed by atoms with Gasteiger partial charge in [-0.3, -0.25) is 0 Å². The third-order valence-electron chi connectivity index (χ3n) is 3.99. The largest absolute Gasteiger partial charge is 0.373 e. The van der Waals surface area contributed by atoms with Gasteiger partial charge in [-0.05, 0) is 31.8 Å². The number of nitrogens with two attached hydrogens (primary N) is 1. The Morgan fingerprint density at radius 2 is 2.00 bits per heavy atom. The van der Waals surface area contributed by atoms with Crippen LogP contribution in [0.3, 0.4) is 0 Å². The number of fused-ring (bicyclic) bond motifs is 3. The van der Waals surface area contributed by atoms with Gasteiger partial charge in [-0.1, -0.05) is 0 Å². The number of hydrogen-bond donors (Lipinski definition) is 3. The number of nitrogens with zero attached hydrogens (tertiary/aromatic N) is 3. The van der Waals surface area contributed by atoms with E-state index in [2.05, 4.69) is 25.5 Å². The first-order valence-electron chi connectivity index (χ1n) is 6.56. The Bertz CT molecular complexity index is 427. The van der Waals surface area contributed by atoms with Crippen molar-refractivity contribution in [1.82, 2.24) is 14.9 Å². The zero-order chi connectivity index (χ0) is 12.5. The molecule has 1 aromatic heterocycles. The van der Waals surface area contributed by atoms with Crippen LogP contribution < -0.4 is 16.4 Å². The molecule has 0 aromatic carbocycles. The van der Waals surface area contributed by atoms with Crippen molar-refractivity contribution in [2.24, 2.45) is 5.92 Å². The number of hydrogen-bond acceptors (Lipinski definition) is 6. The highest BCUT2D eigenvalue weighted by Crippen LogP contribution is 2.29. The van der Waals surface area contributed by atoms with Crippen molar-refractivity contribution in [3.8, 4) is 0 Å². The maximum Gasteiger partial charge on any atom is 0.223 e. The minimum absolute atomic E-state index is 0.311. The summed E-state index contributed by atoms with van der Waals surface area (Å²) in [5.74, 6) is 2.66. The molecule has 1 unspecified atom stereocenters. The van der Waals surface area contributed by atoms with Crippen molar-refractivity contribution >= 4 is 17.6 Å². The molecule has 0 aliphatic carbocycles. The normalized spacial score (nSPS) is 30.2. The maximum absolute atomic E-state index is 5.70. The van der Waals surface area contributed by atoms with E-state index in [1.165, 1.54) is 25.9 Å². The molecule has 3 saturated heterocycles. The predicted molar refractivity (Wildman–Crippen MR) is 72.6 cm³/mol. The Kier molecular flexibility index (Phi) is 2.95. The molecule has 0 radical (unpaired) electrons. The van der Waals surface area contributed by atoms with Gasteiger partial charge in [0.05, 0.1) is 0 Å². The Morgan fingerprint density at radius 1 is 1.28 bits per heavy atom. The lowest BCUT2D eigenvalue weighted by Gasteiger charge is -2.45. The topological polar surface area (TPSA) is 79.1 Å². The van der Waals surface area contributed by atoms with Gasteiger partial charge in [-0.2, -0.15) is 9.97 Å². The summed E-state index contributed by atoms with van der Waals surface area (Å²) in [6.45, 7) is 3.61. The van der Waals surface area contributed by atoms with Gasteiger partial charge in [0, 0.05) is 25.7 Å². The minimum Gasteiger partial charge on any atom is -0.373 e. The summed E-state index contributed by atoms with van der Waals surface area (Å²) in [4.78, 5) is 10.9. The van der Waals surface area contributed by atoms with Crippen LogP contribution in [-0.2, 0) is 0 Å². The van der Waals surface area contributed by atoms with Crippen LogP contribution in [-0.4, -0.2) is 47.6 Å². The molecule has 0 amide bonds. The van der Waals surface area contributed by atoms with Crippen LogP contribution >= 0.6 is 0 Å². The number of piperidine rings is 3. The van der Waals surface area contributed by atoms with E-state index in [9.17, 15) is 0 Å². The predicted octanol–water partition coefficient (Wildman–Crippen LogP) is 0.607. The van der Waals surface area contributed by atoms with Gasteiger partial charge in [0.1, 0.15) is 11.6 Å². The second-order valence-electron chi connectivity index (χ2n) is 5.14. The number of nitrogens with one attached hydrogen (secondary N) is 2. The lowest BCUT2D eigenvalue weighted by molar-refractivity contribution is 0.0974. The first kappa shape index (κ1) is 11.5. The van der Waals surface area contributed by atoms with Gasteiger partial charge in [-0.25, -0.2) is 0 Å². The third-order valence-corrected chi connectivity index (χ3v) is 3.99. The van der Waals surface area contributed by atoms with Crippen LogP contribution in [0.2, 0.25) is 0 Å². The van der Waals surface area contributed by atoms with Crippen LogP contribution in [0.1, 0.15) is 12.8 Å². The van der Waals surface area contributed by atoms with Crippen LogP contribution in [0, 0.1) is 5.92 Å². The fourth-order valence-electron chi connectivity index (χ4n) is 2.99. The zero-order valence-electron chi connectivity index (χ0n) is 10.7. The summed E-state index contributed by atoms with van der Waals surface area (Å²) >= 11 is 0. The van der Waals surface area contributed by atoms with E-state index in [0.717, 1.165) is 24.1 Å². The van der Waals surface area contributed by atoms with Crippen LogP contribution in [0.4, 0.5) is 17.6 Å². The minimum atomic E-state index is 0.311. The van der Waals surface area contributed by atoms with E-state index in [4.69, 9.17) is 5.73 Å². The average molecular weight is 248 g/mol. The molecule has 98 valence electrons. The Labute approximate surface area is 107 Å². The van der Waals surface area contributed by atoms with Crippen molar-refractivity contribution in [1.29, 1.82) is 0 Å². The van der Waals surface area contributed by atoms with E-state index in [1.54, 1.807) is 0 Å². The lowest BCUT2D eigenvalue weighted by Crippen LogP contribution is -2.53. The average Bonchev–Trinajstić information content (AvgIpc) is 2.39. The van der Waals surface area contributed by atoms with Gasteiger partial charge in [-0.15, -0.1) is 0 Å². The highest BCUT2D eigenvalue weighted by molar-refractivity contribution is 5.51. The van der Waals surface area contributed by atoms with Crippen molar-refractivity contribution in [3.05, 3.63) is 6.07 Å². The van der Waals surface area contributed by atoms with Gasteiger partial charge in [0.25, 0.3) is 0 Å². The summed E-state index contributed by atoms with van der Waals surface area (Å²) in [5, 5.41) is 6.51. The van der Waals surface area contributed by atoms with Crippen LogP contribution in [0.5, 0.6) is 0 Å². The van der Waals surface area contributed by atoms with E-state index >= 15 is 0 Å². The molecule has 18 heavy (non-hydrogen) atoms. The maximum atomic E-state index is 5.70. The van der Waals surface area contributed by atoms with Gasteiger partial charge in [0.15, 0.2) is 0 Å². The molecule has 0 spiro atoms. The molecule has 4 rings (SSSR count). The van der Waals surface area contributed by atoms with Crippen molar-refractivity contribution in [2.75, 3.05) is 43.0 Å². The first-order chi connectivity index (χ1) is 8.74. The number of anilines is 3. The standard InChI is InChI=1S/C12H20N6/c1-14-10-6-11(17-12(13)16-10)15-9-7-18-4-2-8(9)3-5-18/h6,8-9H,2-5,7H2,1H3,(H4,13,14,15,16,17). The number of aromatic nitrogens is 2. The molecule has 0 saturated carbocycles. The molecule has 3 aliphatic heterocycles. The summed E-state index contributed by atoms with van der Waals surface area (Å²) in [6, 6.07) is 2.40. The van der Waals surface area contributed by atoms with Crippen molar-refractivity contribution in [2.45, 2.75) is 18.9 Å². The quantitative estimate of drug-likeness (QED) is 0.727. The van der Waals surface area contributed by atoms with Gasteiger partial charge >= 0.3 is 0 Å². The zero-order valence-corrected chi connectivity index (χ0v) is 10.7. The summed E-state index contributed by atoms with van der Waals surface area (Å²) in [5.41, 5.74) is 5.70. The fourth-order valence-corrected chi connectivity index (χ4v) is 2.99. The van der Waals surface area contributed by atoms with Crippen molar-refractivity contribution in [3.63, 3.8) is 0 Å².